The van der Waals surface area contributed by atoms with Gasteiger partial charge in [0.15, 0.2) is 11.6 Å². The molecule has 0 amide bonds. The summed E-state index contributed by atoms with van der Waals surface area (Å²) < 4.78 is 11.2. The van der Waals surface area contributed by atoms with Crippen molar-refractivity contribution >= 4 is 0 Å². The van der Waals surface area contributed by atoms with E-state index in [1.165, 1.54) is 37.7 Å². The molecular weight excluding hydrogens is 348 g/mol. The third-order valence-electron chi connectivity index (χ3n) is 4.71. The van der Waals surface area contributed by atoms with Crippen LogP contribution in [0.3, 0.4) is 0 Å². The highest BCUT2D eigenvalue weighted by atomic mass is 16.5. The molecule has 0 fully saturated rings. The van der Waals surface area contributed by atoms with E-state index >= 15 is 0 Å². The number of aryl methyl sites for hydroxylation is 1. The third-order valence-corrected chi connectivity index (χ3v) is 4.71. The second kappa shape index (κ2) is 14.1. The largest absolute Gasteiger partial charge is 0.490 e. The van der Waals surface area contributed by atoms with E-state index in [0.29, 0.717) is 6.61 Å². The minimum Gasteiger partial charge on any atom is -0.490 e. The molecule has 0 atom stereocenters. The van der Waals surface area contributed by atoms with E-state index in [-0.39, 0.29) is 0 Å². The number of nitrogens with zero attached hydrogens (tertiary/aromatic N) is 2. The van der Waals surface area contributed by atoms with Gasteiger partial charge in [0.25, 0.3) is 0 Å². The van der Waals surface area contributed by atoms with Gasteiger partial charge in [0.05, 0.1) is 19.0 Å². The highest BCUT2D eigenvalue weighted by Crippen LogP contribution is 2.18. The first kappa shape index (κ1) is 22.4. The highest BCUT2D eigenvalue weighted by molar-refractivity contribution is 5.55. The number of hydrogen-bond acceptors (Lipinski definition) is 4. The van der Waals surface area contributed by atoms with Crippen molar-refractivity contribution in [1.29, 1.82) is 0 Å². The lowest BCUT2D eigenvalue weighted by molar-refractivity contribution is 0.127. The number of unbranched alkanes of at least 4 members (excludes halogenated alkanes) is 5. The minimum atomic E-state index is 0.672. The standard InChI is InChI=1S/C24H36N2O2/c1-3-5-6-7-8-11-21-12-14-22(15-13-21)24-25-19-23(20-26-24)28-18-10-9-17-27-16-4-2/h12-15,19-20H,3-11,16-18H2,1-2H3. The molecule has 0 aliphatic carbocycles. The van der Waals surface area contributed by atoms with Gasteiger partial charge in [0.2, 0.25) is 0 Å². The van der Waals surface area contributed by atoms with Crippen molar-refractivity contribution in [2.75, 3.05) is 19.8 Å². The lowest BCUT2D eigenvalue weighted by Crippen LogP contribution is -2.02. The van der Waals surface area contributed by atoms with Gasteiger partial charge < -0.3 is 9.47 Å². The van der Waals surface area contributed by atoms with Crippen molar-refractivity contribution < 1.29 is 9.47 Å². The molecular formula is C24H36N2O2. The minimum absolute atomic E-state index is 0.672. The average Bonchev–Trinajstić information content (AvgIpc) is 2.74. The molecule has 0 aliphatic rings. The van der Waals surface area contributed by atoms with E-state index in [1.54, 1.807) is 12.4 Å². The van der Waals surface area contributed by atoms with Crippen LogP contribution in [-0.4, -0.2) is 29.8 Å². The molecule has 0 bridgehead atoms. The van der Waals surface area contributed by atoms with Crippen molar-refractivity contribution in [2.24, 2.45) is 0 Å². The van der Waals surface area contributed by atoms with Crippen molar-refractivity contribution in [3.63, 3.8) is 0 Å². The summed E-state index contributed by atoms with van der Waals surface area (Å²) in [6, 6.07) is 8.63. The van der Waals surface area contributed by atoms with Crippen molar-refractivity contribution in [3.8, 4) is 17.1 Å². The van der Waals surface area contributed by atoms with E-state index in [1.807, 2.05) is 0 Å². The van der Waals surface area contributed by atoms with Gasteiger partial charge in [-0.3, -0.25) is 0 Å². The first-order valence-electron chi connectivity index (χ1n) is 11.0. The Bertz CT molecular complexity index is 626. The molecule has 0 aliphatic heterocycles. The Morgan fingerprint density at radius 1 is 0.714 bits per heavy atom. The lowest BCUT2D eigenvalue weighted by atomic mass is 10.0. The molecule has 4 heteroatoms. The van der Waals surface area contributed by atoms with E-state index < -0.39 is 0 Å². The molecule has 154 valence electrons. The Balaban J connectivity index is 1.70. The number of hydrogen-bond donors (Lipinski definition) is 0. The fourth-order valence-electron chi connectivity index (χ4n) is 3.04. The molecule has 0 saturated carbocycles. The van der Waals surface area contributed by atoms with Crippen molar-refractivity contribution in [1.82, 2.24) is 9.97 Å². The first-order chi connectivity index (χ1) is 13.8. The molecule has 0 saturated heterocycles. The van der Waals surface area contributed by atoms with Crippen molar-refractivity contribution in [3.05, 3.63) is 42.2 Å². The molecule has 2 rings (SSSR count). The maximum Gasteiger partial charge on any atom is 0.159 e. The van der Waals surface area contributed by atoms with Gasteiger partial charge in [0, 0.05) is 18.8 Å². The monoisotopic (exact) mass is 384 g/mol. The Kier molecular flexibility index (Phi) is 11.3. The van der Waals surface area contributed by atoms with Crippen LogP contribution in [0.4, 0.5) is 0 Å². The number of benzene rings is 1. The lowest BCUT2D eigenvalue weighted by Gasteiger charge is -2.07. The van der Waals surface area contributed by atoms with Crippen molar-refractivity contribution in [2.45, 2.75) is 71.6 Å². The number of rotatable bonds is 15. The summed E-state index contributed by atoms with van der Waals surface area (Å²) in [7, 11) is 0. The van der Waals surface area contributed by atoms with Crippen LogP contribution in [-0.2, 0) is 11.2 Å². The maximum atomic E-state index is 5.71. The van der Waals surface area contributed by atoms with Crippen LogP contribution in [0.2, 0.25) is 0 Å². The number of ether oxygens (including phenoxy) is 2. The smallest absolute Gasteiger partial charge is 0.159 e. The zero-order valence-corrected chi connectivity index (χ0v) is 17.7. The summed E-state index contributed by atoms with van der Waals surface area (Å²) >= 11 is 0. The topological polar surface area (TPSA) is 44.2 Å². The van der Waals surface area contributed by atoms with Gasteiger partial charge >= 0.3 is 0 Å². The molecule has 0 spiro atoms. The molecule has 0 N–H and O–H groups in total. The Labute approximate surface area is 170 Å². The molecule has 1 aromatic carbocycles. The Morgan fingerprint density at radius 2 is 1.43 bits per heavy atom. The Morgan fingerprint density at radius 3 is 2.14 bits per heavy atom. The van der Waals surface area contributed by atoms with Gasteiger partial charge in [-0.2, -0.15) is 0 Å². The molecule has 1 aromatic heterocycles. The van der Waals surface area contributed by atoms with E-state index in [2.05, 4.69) is 48.1 Å². The fraction of sp³-hybridized carbons (Fsp3) is 0.583. The van der Waals surface area contributed by atoms with E-state index in [0.717, 1.165) is 56.0 Å². The average molecular weight is 385 g/mol. The molecule has 0 unspecified atom stereocenters. The van der Waals surface area contributed by atoms with Gasteiger partial charge in [-0.25, -0.2) is 9.97 Å². The van der Waals surface area contributed by atoms with Crippen LogP contribution in [0.5, 0.6) is 5.75 Å². The molecule has 4 nitrogen and oxygen atoms in total. The summed E-state index contributed by atoms with van der Waals surface area (Å²) in [4.78, 5) is 8.91. The van der Waals surface area contributed by atoms with Crippen LogP contribution in [0, 0.1) is 0 Å². The molecule has 2 aromatic rings. The summed E-state index contributed by atoms with van der Waals surface area (Å²) in [5, 5.41) is 0. The second-order valence-electron chi connectivity index (χ2n) is 7.27. The zero-order chi connectivity index (χ0) is 19.9. The van der Waals surface area contributed by atoms with Gasteiger partial charge in [-0.05, 0) is 37.7 Å². The van der Waals surface area contributed by atoms with E-state index in [4.69, 9.17) is 9.47 Å². The van der Waals surface area contributed by atoms with Gasteiger partial charge in [0.1, 0.15) is 0 Å². The van der Waals surface area contributed by atoms with Crippen LogP contribution >= 0.6 is 0 Å². The summed E-state index contributed by atoms with van der Waals surface area (Å²) in [5.41, 5.74) is 2.44. The van der Waals surface area contributed by atoms with Crippen LogP contribution in [0.25, 0.3) is 11.4 Å². The third kappa shape index (κ3) is 8.83. The SMILES string of the molecule is CCCCCCCc1ccc(-c2ncc(OCCCCOCCC)cn2)cc1. The Hall–Kier alpha value is -1.94. The summed E-state index contributed by atoms with van der Waals surface area (Å²) in [6.45, 7) is 6.70. The normalized spacial score (nSPS) is 10.9. The van der Waals surface area contributed by atoms with E-state index in [9.17, 15) is 0 Å². The maximum absolute atomic E-state index is 5.71. The zero-order valence-electron chi connectivity index (χ0n) is 17.7. The molecule has 0 radical (unpaired) electrons. The molecule has 1 heterocycles. The molecule has 28 heavy (non-hydrogen) atoms. The summed E-state index contributed by atoms with van der Waals surface area (Å²) in [6.07, 6.45) is 14.3. The van der Waals surface area contributed by atoms with Gasteiger partial charge in [-0.1, -0.05) is 63.8 Å². The van der Waals surface area contributed by atoms with Crippen LogP contribution in [0.15, 0.2) is 36.7 Å². The predicted octanol–water partition coefficient (Wildman–Crippen LogP) is 6.24. The quantitative estimate of drug-likeness (QED) is 0.341. The predicted molar refractivity (Wildman–Crippen MR) is 116 cm³/mol. The first-order valence-corrected chi connectivity index (χ1v) is 11.0. The van der Waals surface area contributed by atoms with Gasteiger partial charge in [-0.15, -0.1) is 0 Å². The van der Waals surface area contributed by atoms with Crippen LogP contribution in [0.1, 0.15) is 70.8 Å². The fourth-order valence-corrected chi connectivity index (χ4v) is 3.04. The highest BCUT2D eigenvalue weighted by Gasteiger charge is 2.03. The second-order valence-corrected chi connectivity index (χ2v) is 7.27. The number of aromatic nitrogens is 2. The van der Waals surface area contributed by atoms with Crippen LogP contribution < -0.4 is 4.74 Å². The summed E-state index contributed by atoms with van der Waals surface area (Å²) in [5.74, 6) is 1.47.